The Morgan fingerprint density at radius 3 is 2.68 bits per heavy atom. The zero-order chi connectivity index (χ0) is 13.7. The molecule has 1 aliphatic heterocycles. The fourth-order valence-electron chi connectivity index (χ4n) is 1.55. The van der Waals surface area contributed by atoms with Crippen LogP contribution >= 0.6 is 11.8 Å². The Labute approximate surface area is 115 Å². The molecule has 19 heavy (non-hydrogen) atoms. The van der Waals surface area contributed by atoms with Crippen molar-refractivity contribution >= 4 is 23.6 Å². The van der Waals surface area contributed by atoms with Gasteiger partial charge in [-0.1, -0.05) is 30.0 Å². The van der Waals surface area contributed by atoms with Crippen molar-refractivity contribution in [2.24, 2.45) is 0 Å². The van der Waals surface area contributed by atoms with Crippen LogP contribution in [-0.4, -0.2) is 23.4 Å². The molecule has 0 spiro atoms. The van der Waals surface area contributed by atoms with Crippen molar-refractivity contribution in [1.29, 1.82) is 0 Å². The van der Waals surface area contributed by atoms with Crippen LogP contribution in [0.25, 0.3) is 0 Å². The number of thioether (sulfide) groups is 1. The molecule has 0 radical (unpaired) electrons. The van der Waals surface area contributed by atoms with Gasteiger partial charge < -0.3 is 16.0 Å². The van der Waals surface area contributed by atoms with Crippen molar-refractivity contribution in [3.8, 4) is 0 Å². The molecule has 1 heterocycles. The largest absolute Gasteiger partial charge is 0.362 e. The van der Waals surface area contributed by atoms with Crippen LogP contribution in [0.3, 0.4) is 0 Å². The van der Waals surface area contributed by atoms with E-state index >= 15 is 0 Å². The third-order valence-electron chi connectivity index (χ3n) is 2.58. The molecule has 1 aromatic carbocycles. The zero-order valence-corrected chi connectivity index (χ0v) is 11.2. The van der Waals surface area contributed by atoms with Gasteiger partial charge in [0.05, 0.1) is 0 Å². The molecule has 0 fully saturated rings. The van der Waals surface area contributed by atoms with Gasteiger partial charge in [0, 0.05) is 11.8 Å². The average molecular weight is 277 g/mol. The number of hydrogen-bond acceptors (Lipinski definition) is 4. The van der Waals surface area contributed by atoms with Gasteiger partial charge >= 0.3 is 0 Å². The fourth-order valence-corrected chi connectivity index (χ4v) is 2.20. The summed E-state index contributed by atoms with van der Waals surface area (Å²) in [7, 11) is 0. The SMILES string of the molecule is CC(NC(=O)c1ccccc1)C(=O)NC1NC=CS1. The van der Waals surface area contributed by atoms with Gasteiger partial charge in [-0.15, -0.1) is 0 Å². The second-order valence-electron chi connectivity index (χ2n) is 4.06. The van der Waals surface area contributed by atoms with Crippen molar-refractivity contribution < 1.29 is 9.59 Å². The molecular formula is C13H15N3O2S. The van der Waals surface area contributed by atoms with Crippen molar-refractivity contribution in [2.75, 3.05) is 0 Å². The van der Waals surface area contributed by atoms with Crippen LogP contribution < -0.4 is 16.0 Å². The molecule has 2 atom stereocenters. The Morgan fingerprint density at radius 2 is 2.05 bits per heavy atom. The van der Waals surface area contributed by atoms with E-state index in [2.05, 4.69) is 16.0 Å². The molecule has 100 valence electrons. The minimum absolute atomic E-state index is 0.163. The Balaban J connectivity index is 1.84. The highest BCUT2D eigenvalue weighted by Crippen LogP contribution is 2.12. The van der Waals surface area contributed by atoms with Crippen LogP contribution in [-0.2, 0) is 4.79 Å². The van der Waals surface area contributed by atoms with Crippen LogP contribution in [0.1, 0.15) is 17.3 Å². The summed E-state index contributed by atoms with van der Waals surface area (Å²) in [5.74, 6) is -0.480. The van der Waals surface area contributed by atoms with Gasteiger partial charge in [0.1, 0.15) is 6.04 Å². The highest BCUT2D eigenvalue weighted by molar-refractivity contribution is 8.02. The van der Waals surface area contributed by atoms with E-state index in [9.17, 15) is 9.59 Å². The average Bonchev–Trinajstić information content (AvgIpc) is 2.92. The molecule has 0 bridgehead atoms. The molecule has 5 nitrogen and oxygen atoms in total. The number of amides is 2. The predicted octanol–water partition coefficient (Wildman–Crippen LogP) is 1.01. The van der Waals surface area contributed by atoms with E-state index in [4.69, 9.17) is 0 Å². The monoisotopic (exact) mass is 277 g/mol. The first-order valence-corrected chi connectivity index (χ1v) is 6.84. The maximum atomic E-state index is 11.9. The molecule has 1 aromatic rings. The topological polar surface area (TPSA) is 70.2 Å². The lowest BCUT2D eigenvalue weighted by molar-refractivity contribution is -0.122. The summed E-state index contributed by atoms with van der Waals surface area (Å²) >= 11 is 1.47. The fraction of sp³-hybridized carbons (Fsp3) is 0.231. The summed E-state index contributed by atoms with van der Waals surface area (Å²) in [5, 5.41) is 10.3. The molecule has 2 rings (SSSR count). The normalized spacial score (nSPS) is 18.5. The maximum absolute atomic E-state index is 11.9. The summed E-state index contributed by atoms with van der Waals surface area (Å²) < 4.78 is 0. The number of carbonyl (C=O) groups excluding carboxylic acids is 2. The molecule has 0 saturated carbocycles. The van der Waals surface area contributed by atoms with Gasteiger partial charge in [-0.05, 0) is 24.5 Å². The van der Waals surface area contributed by atoms with Crippen molar-refractivity contribution in [1.82, 2.24) is 16.0 Å². The molecule has 2 amide bonds. The molecule has 0 aromatic heterocycles. The zero-order valence-electron chi connectivity index (χ0n) is 10.4. The van der Waals surface area contributed by atoms with Crippen molar-refractivity contribution in [2.45, 2.75) is 18.5 Å². The van der Waals surface area contributed by atoms with Gasteiger partial charge in [-0.25, -0.2) is 0 Å². The van der Waals surface area contributed by atoms with E-state index in [-0.39, 0.29) is 17.3 Å². The second kappa shape index (κ2) is 6.29. The first-order valence-electron chi connectivity index (χ1n) is 5.89. The third kappa shape index (κ3) is 3.75. The van der Waals surface area contributed by atoms with Crippen LogP contribution in [0.2, 0.25) is 0 Å². The second-order valence-corrected chi connectivity index (χ2v) is 5.07. The lowest BCUT2D eigenvalue weighted by Crippen LogP contribution is -2.49. The lowest BCUT2D eigenvalue weighted by Gasteiger charge is -2.17. The van der Waals surface area contributed by atoms with Crippen LogP contribution in [0.15, 0.2) is 41.9 Å². The molecule has 1 aliphatic rings. The number of benzene rings is 1. The van der Waals surface area contributed by atoms with E-state index in [1.54, 1.807) is 37.4 Å². The van der Waals surface area contributed by atoms with E-state index in [0.717, 1.165) is 0 Å². The van der Waals surface area contributed by atoms with E-state index in [0.29, 0.717) is 5.56 Å². The molecular weight excluding hydrogens is 262 g/mol. The summed E-state index contributed by atoms with van der Waals surface area (Å²) in [4.78, 5) is 23.7. The smallest absolute Gasteiger partial charge is 0.251 e. The number of rotatable bonds is 4. The van der Waals surface area contributed by atoms with Gasteiger partial charge in [0.25, 0.3) is 5.91 Å². The van der Waals surface area contributed by atoms with E-state index < -0.39 is 6.04 Å². The molecule has 2 unspecified atom stereocenters. The molecule has 0 saturated heterocycles. The van der Waals surface area contributed by atoms with Crippen molar-refractivity contribution in [3.63, 3.8) is 0 Å². The van der Waals surface area contributed by atoms with Crippen LogP contribution in [0, 0.1) is 0 Å². The highest BCUT2D eigenvalue weighted by Gasteiger charge is 2.20. The minimum atomic E-state index is -0.587. The third-order valence-corrected chi connectivity index (χ3v) is 3.40. The van der Waals surface area contributed by atoms with Crippen LogP contribution in [0.5, 0.6) is 0 Å². The standard InChI is InChI=1S/C13H15N3O2S/c1-9(11(17)16-13-14-7-8-19-13)15-12(18)10-5-3-2-4-6-10/h2-9,13-14H,1H3,(H,15,18)(H,16,17). The maximum Gasteiger partial charge on any atom is 0.251 e. The van der Waals surface area contributed by atoms with Gasteiger partial charge in [0.2, 0.25) is 5.91 Å². The Bertz CT molecular complexity index is 482. The van der Waals surface area contributed by atoms with Crippen LogP contribution in [0.4, 0.5) is 0 Å². The summed E-state index contributed by atoms with van der Waals surface area (Å²) in [5.41, 5.74) is 0.376. The number of nitrogens with one attached hydrogen (secondary N) is 3. The number of carbonyl (C=O) groups is 2. The predicted molar refractivity (Wildman–Crippen MR) is 75.2 cm³/mol. The van der Waals surface area contributed by atoms with Gasteiger partial charge in [-0.2, -0.15) is 0 Å². The summed E-state index contributed by atoms with van der Waals surface area (Å²) in [6.07, 6.45) is 1.77. The molecule has 0 aliphatic carbocycles. The van der Waals surface area contributed by atoms with E-state index in [1.807, 2.05) is 11.5 Å². The van der Waals surface area contributed by atoms with Gasteiger partial charge in [-0.3, -0.25) is 9.59 Å². The van der Waals surface area contributed by atoms with E-state index in [1.165, 1.54) is 11.8 Å². The Kier molecular flexibility index (Phi) is 4.46. The lowest BCUT2D eigenvalue weighted by atomic mass is 10.2. The highest BCUT2D eigenvalue weighted by atomic mass is 32.2. The Hall–Kier alpha value is -1.95. The first kappa shape index (κ1) is 13.5. The molecule has 6 heteroatoms. The minimum Gasteiger partial charge on any atom is -0.362 e. The summed E-state index contributed by atoms with van der Waals surface area (Å²) in [6, 6.07) is 8.23. The summed E-state index contributed by atoms with van der Waals surface area (Å²) in [6.45, 7) is 1.66. The molecule has 3 N–H and O–H groups in total. The van der Waals surface area contributed by atoms with Crippen molar-refractivity contribution in [3.05, 3.63) is 47.5 Å². The first-order chi connectivity index (χ1) is 9.16. The number of hydrogen-bond donors (Lipinski definition) is 3. The van der Waals surface area contributed by atoms with Gasteiger partial charge in [0.15, 0.2) is 5.50 Å². The quantitative estimate of drug-likeness (QED) is 0.768. The Morgan fingerprint density at radius 1 is 1.32 bits per heavy atom.